The molecule has 5 nitrogen and oxygen atoms in total. The van der Waals surface area contributed by atoms with E-state index in [0.29, 0.717) is 23.0 Å². The molecule has 0 aliphatic heterocycles. The Morgan fingerprint density at radius 2 is 1.84 bits per heavy atom. The number of unbranched alkanes of at least 4 members (excludes halogenated alkanes) is 1. The maximum absolute atomic E-state index is 13.0. The van der Waals surface area contributed by atoms with Crippen LogP contribution in [0.3, 0.4) is 0 Å². The summed E-state index contributed by atoms with van der Waals surface area (Å²) >= 11 is 3.45. The van der Waals surface area contributed by atoms with E-state index in [-0.39, 0.29) is 17.5 Å². The molecule has 1 aliphatic carbocycles. The van der Waals surface area contributed by atoms with Crippen molar-refractivity contribution >= 4 is 33.9 Å². The fraction of sp³-hybridized carbons (Fsp3) is 0.385. The van der Waals surface area contributed by atoms with Crippen molar-refractivity contribution in [1.29, 1.82) is 0 Å². The zero-order valence-corrected chi connectivity index (χ0v) is 19.9. The Bertz CT molecular complexity index is 949. The molecule has 0 heterocycles. The van der Waals surface area contributed by atoms with Crippen molar-refractivity contribution in [2.24, 2.45) is 11.8 Å². The number of rotatable bonds is 10. The van der Waals surface area contributed by atoms with Crippen LogP contribution >= 0.6 is 15.9 Å². The molecule has 1 unspecified atom stereocenters. The predicted molar refractivity (Wildman–Crippen MR) is 129 cm³/mol. The molecular weight excluding hydrogens is 470 g/mol. The molecule has 1 aliphatic rings. The molecular formula is C26H30BrNO4. The van der Waals surface area contributed by atoms with Crippen LogP contribution in [0.25, 0.3) is 6.08 Å². The molecule has 0 bridgehead atoms. The minimum atomic E-state index is -1.15. The van der Waals surface area contributed by atoms with Gasteiger partial charge in [-0.1, -0.05) is 56.9 Å². The topological polar surface area (TPSA) is 75.6 Å². The van der Waals surface area contributed by atoms with Gasteiger partial charge in [0.05, 0.1) is 4.47 Å². The normalized spacial score (nSPS) is 15.4. The molecule has 1 fully saturated rings. The van der Waals surface area contributed by atoms with E-state index >= 15 is 0 Å². The van der Waals surface area contributed by atoms with Gasteiger partial charge in [-0.05, 0) is 77.0 Å². The molecule has 32 heavy (non-hydrogen) atoms. The van der Waals surface area contributed by atoms with Crippen LogP contribution < -0.4 is 10.1 Å². The van der Waals surface area contributed by atoms with Crippen LogP contribution in [0.1, 0.15) is 57.4 Å². The van der Waals surface area contributed by atoms with E-state index in [0.717, 1.165) is 49.4 Å². The summed E-state index contributed by atoms with van der Waals surface area (Å²) in [6.07, 6.45) is 8.69. The predicted octanol–water partition coefficient (Wildman–Crippen LogP) is 6.78. The molecule has 0 aromatic heterocycles. The lowest BCUT2D eigenvalue weighted by molar-refractivity contribution is -0.135. The molecule has 1 amide bonds. The highest BCUT2D eigenvalue weighted by atomic mass is 79.9. The number of carboxylic acid groups (broad SMARTS) is 1. The first kappa shape index (κ1) is 24.1. The number of ether oxygens (including phenoxy) is 1. The maximum atomic E-state index is 13.0. The van der Waals surface area contributed by atoms with E-state index in [1.54, 1.807) is 24.3 Å². The van der Waals surface area contributed by atoms with Gasteiger partial charge in [-0.25, -0.2) is 4.79 Å². The van der Waals surface area contributed by atoms with E-state index in [1.165, 1.54) is 6.08 Å². The summed E-state index contributed by atoms with van der Waals surface area (Å²) in [5, 5.41) is 12.4. The van der Waals surface area contributed by atoms with Crippen LogP contribution in [-0.2, 0) is 9.59 Å². The fourth-order valence-corrected chi connectivity index (χ4v) is 4.56. The first-order valence-corrected chi connectivity index (χ1v) is 12.1. The summed E-state index contributed by atoms with van der Waals surface area (Å²) in [7, 11) is 0. The summed E-state index contributed by atoms with van der Waals surface area (Å²) in [4.78, 5) is 24.8. The number of amides is 1. The Morgan fingerprint density at radius 1 is 1.16 bits per heavy atom. The number of para-hydroxylation sites is 1. The van der Waals surface area contributed by atoms with Crippen molar-refractivity contribution in [2.75, 3.05) is 0 Å². The van der Waals surface area contributed by atoms with Gasteiger partial charge in [0.2, 0.25) is 5.91 Å². The Balaban J connectivity index is 1.71. The molecule has 1 atom stereocenters. The zero-order valence-electron chi connectivity index (χ0n) is 18.4. The van der Waals surface area contributed by atoms with Gasteiger partial charge in [0.15, 0.2) is 0 Å². The number of carbonyl (C=O) groups excluding carboxylic acids is 1. The lowest BCUT2D eigenvalue weighted by Gasteiger charge is -2.22. The SMILES string of the molecule is CCCCC(C(=O)N/C(=C/c1ccc(Oc2ccccc2Br)cc1)C(=O)O)C1CCCC1. The highest BCUT2D eigenvalue weighted by Gasteiger charge is 2.31. The van der Waals surface area contributed by atoms with E-state index < -0.39 is 5.97 Å². The van der Waals surface area contributed by atoms with E-state index in [1.807, 2.05) is 24.3 Å². The fourth-order valence-electron chi connectivity index (χ4n) is 4.19. The van der Waals surface area contributed by atoms with Crippen LogP contribution in [0, 0.1) is 11.8 Å². The average molecular weight is 500 g/mol. The third-order valence-electron chi connectivity index (χ3n) is 5.92. The summed E-state index contributed by atoms with van der Waals surface area (Å²) in [5.41, 5.74) is 0.571. The standard InChI is InChI=1S/C26H30BrNO4/c1-2-3-10-21(19-8-4-5-9-19)25(29)28-23(26(30)31)17-18-13-15-20(16-14-18)32-24-12-7-6-11-22(24)27/h6-7,11-17,19,21H,2-5,8-10H2,1H3,(H,28,29)(H,30,31)/b23-17+. The van der Waals surface area contributed by atoms with Gasteiger partial charge < -0.3 is 15.2 Å². The first-order chi connectivity index (χ1) is 15.5. The van der Waals surface area contributed by atoms with E-state index in [4.69, 9.17) is 4.74 Å². The smallest absolute Gasteiger partial charge is 0.352 e. The van der Waals surface area contributed by atoms with Gasteiger partial charge in [0.25, 0.3) is 0 Å². The monoisotopic (exact) mass is 499 g/mol. The molecule has 6 heteroatoms. The van der Waals surface area contributed by atoms with Gasteiger partial charge in [0.1, 0.15) is 17.2 Å². The van der Waals surface area contributed by atoms with Crippen LogP contribution in [0.5, 0.6) is 11.5 Å². The molecule has 2 aromatic rings. The third kappa shape index (κ3) is 6.70. The van der Waals surface area contributed by atoms with Gasteiger partial charge >= 0.3 is 5.97 Å². The molecule has 2 aromatic carbocycles. The molecule has 0 spiro atoms. The van der Waals surface area contributed by atoms with Crippen molar-refractivity contribution in [3.05, 3.63) is 64.3 Å². The molecule has 1 saturated carbocycles. The summed E-state index contributed by atoms with van der Waals surface area (Å²) < 4.78 is 6.70. The second-order valence-corrected chi connectivity index (χ2v) is 9.10. The number of aliphatic carboxylic acids is 1. The minimum Gasteiger partial charge on any atom is -0.477 e. The van der Waals surface area contributed by atoms with Crippen LogP contribution in [0.4, 0.5) is 0 Å². The van der Waals surface area contributed by atoms with Crippen LogP contribution in [0.15, 0.2) is 58.7 Å². The van der Waals surface area contributed by atoms with Gasteiger partial charge in [-0.3, -0.25) is 4.79 Å². The maximum Gasteiger partial charge on any atom is 0.352 e. The molecule has 2 N–H and O–H groups in total. The molecule has 0 radical (unpaired) electrons. The third-order valence-corrected chi connectivity index (χ3v) is 6.57. The number of hydrogen-bond donors (Lipinski definition) is 2. The average Bonchev–Trinajstić information content (AvgIpc) is 3.31. The van der Waals surface area contributed by atoms with E-state index in [9.17, 15) is 14.7 Å². The Kier molecular flexibility index (Phi) is 8.91. The second kappa shape index (κ2) is 11.9. The number of carboxylic acids is 1. The van der Waals surface area contributed by atoms with Crippen molar-refractivity contribution < 1.29 is 19.4 Å². The van der Waals surface area contributed by atoms with Gasteiger partial charge in [0, 0.05) is 5.92 Å². The van der Waals surface area contributed by atoms with Crippen molar-refractivity contribution in [2.45, 2.75) is 51.9 Å². The molecule has 170 valence electrons. The number of nitrogens with one attached hydrogen (secondary N) is 1. The summed E-state index contributed by atoms with van der Waals surface area (Å²) in [6.45, 7) is 2.11. The highest BCUT2D eigenvalue weighted by Crippen LogP contribution is 2.34. The lowest BCUT2D eigenvalue weighted by atomic mass is 9.86. The Labute approximate surface area is 198 Å². The van der Waals surface area contributed by atoms with Crippen LogP contribution in [-0.4, -0.2) is 17.0 Å². The summed E-state index contributed by atoms with van der Waals surface area (Å²) in [5.74, 6) is 0.237. The van der Waals surface area contributed by atoms with Gasteiger partial charge in [-0.15, -0.1) is 0 Å². The van der Waals surface area contributed by atoms with Crippen LogP contribution in [0.2, 0.25) is 0 Å². The van der Waals surface area contributed by atoms with Crippen molar-refractivity contribution in [3.8, 4) is 11.5 Å². The minimum absolute atomic E-state index is 0.103. The Hall–Kier alpha value is -2.60. The zero-order chi connectivity index (χ0) is 22.9. The van der Waals surface area contributed by atoms with Crippen molar-refractivity contribution in [1.82, 2.24) is 5.32 Å². The number of hydrogen-bond acceptors (Lipinski definition) is 3. The largest absolute Gasteiger partial charge is 0.477 e. The van der Waals surface area contributed by atoms with Crippen molar-refractivity contribution in [3.63, 3.8) is 0 Å². The Morgan fingerprint density at radius 3 is 2.47 bits per heavy atom. The second-order valence-electron chi connectivity index (χ2n) is 8.25. The molecule has 3 rings (SSSR count). The lowest BCUT2D eigenvalue weighted by Crippen LogP contribution is -2.36. The number of carbonyl (C=O) groups is 2. The highest BCUT2D eigenvalue weighted by molar-refractivity contribution is 9.10. The van der Waals surface area contributed by atoms with E-state index in [2.05, 4.69) is 28.2 Å². The molecule has 0 saturated heterocycles. The quantitative estimate of drug-likeness (QED) is 0.353. The number of benzene rings is 2. The number of halogens is 1. The first-order valence-electron chi connectivity index (χ1n) is 11.3. The summed E-state index contributed by atoms with van der Waals surface area (Å²) in [6, 6.07) is 14.6. The van der Waals surface area contributed by atoms with Gasteiger partial charge in [-0.2, -0.15) is 0 Å².